The Morgan fingerprint density at radius 1 is 1.75 bits per heavy atom. The largest absolute Gasteiger partial charge is 0.337 e. The van der Waals surface area contributed by atoms with Crippen molar-refractivity contribution in [2.24, 2.45) is 0 Å². The zero-order chi connectivity index (χ0) is 9.40. The highest BCUT2D eigenvalue weighted by Crippen LogP contribution is 1.93. The van der Waals surface area contributed by atoms with Gasteiger partial charge in [-0.25, -0.2) is 4.79 Å². The van der Waals surface area contributed by atoms with Crippen molar-refractivity contribution in [1.82, 2.24) is 9.62 Å². The molecule has 0 atom stereocenters. The van der Waals surface area contributed by atoms with Gasteiger partial charge in [-0.15, -0.1) is 6.58 Å². The average Bonchev–Trinajstić information content (AvgIpc) is 2.05. The van der Waals surface area contributed by atoms with E-state index < -0.39 is 0 Å². The first-order valence-corrected chi connectivity index (χ1v) is 4.47. The van der Waals surface area contributed by atoms with Crippen molar-refractivity contribution in [3.05, 3.63) is 12.7 Å². The van der Waals surface area contributed by atoms with Crippen LogP contribution in [0.2, 0.25) is 0 Å². The number of thiol groups is 1. The zero-order valence-corrected chi connectivity index (χ0v) is 8.31. The Morgan fingerprint density at radius 2 is 2.42 bits per heavy atom. The van der Waals surface area contributed by atoms with E-state index in [0.717, 1.165) is 12.8 Å². The molecule has 0 saturated heterocycles. The van der Waals surface area contributed by atoms with E-state index in [2.05, 4.69) is 31.6 Å². The molecule has 0 aliphatic carbocycles. The summed E-state index contributed by atoms with van der Waals surface area (Å²) in [5, 5.41) is 2.73. The lowest BCUT2D eigenvalue weighted by atomic mass is 10.3. The van der Waals surface area contributed by atoms with Crippen molar-refractivity contribution in [2.75, 3.05) is 13.1 Å². The van der Waals surface area contributed by atoms with E-state index in [1.54, 1.807) is 6.08 Å². The minimum Gasteiger partial charge on any atom is -0.337 e. The maximum absolute atomic E-state index is 11.1. The average molecular weight is 188 g/mol. The van der Waals surface area contributed by atoms with E-state index in [-0.39, 0.29) is 6.03 Å². The van der Waals surface area contributed by atoms with E-state index in [1.165, 1.54) is 4.31 Å². The summed E-state index contributed by atoms with van der Waals surface area (Å²) in [7, 11) is 0. The Hall–Kier alpha value is -0.640. The highest BCUT2D eigenvalue weighted by Gasteiger charge is 2.04. The monoisotopic (exact) mass is 188 g/mol. The molecule has 0 heterocycles. The molecule has 0 aliphatic rings. The number of carbonyl (C=O) groups excluding carboxylic acids is 1. The second-order valence-electron chi connectivity index (χ2n) is 2.46. The lowest BCUT2D eigenvalue weighted by Gasteiger charge is -2.13. The number of amides is 2. The molecule has 0 radical (unpaired) electrons. The first kappa shape index (κ1) is 11.4. The Labute approximate surface area is 79.4 Å². The van der Waals surface area contributed by atoms with Gasteiger partial charge in [-0.3, -0.25) is 4.31 Å². The Bertz CT molecular complexity index is 150. The molecule has 12 heavy (non-hydrogen) atoms. The van der Waals surface area contributed by atoms with Gasteiger partial charge in [-0.2, -0.15) is 0 Å². The van der Waals surface area contributed by atoms with E-state index in [4.69, 9.17) is 0 Å². The van der Waals surface area contributed by atoms with Crippen LogP contribution in [0.3, 0.4) is 0 Å². The van der Waals surface area contributed by atoms with Gasteiger partial charge in [0, 0.05) is 6.54 Å². The van der Waals surface area contributed by atoms with Gasteiger partial charge in [0.2, 0.25) is 0 Å². The third kappa shape index (κ3) is 5.07. The number of hydrogen-bond donors (Lipinski definition) is 2. The van der Waals surface area contributed by atoms with Crippen LogP contribution in [0.5, 0.6) is 0 Å². The van der Waals surface area contributed by atoms with Crippen molar-refractivity contribution in [3.63, 3.8) is 0 Å². The van der Waals surface area contributed by atoms with Crippen LogP contribution in [0.4, 0.5) is 4.79 Å². The molecule has 2 amide bonds. The fourth-order valence-corrected chi connectivity index (χ4v) is 0.855. The molecule has 70 valence electrons. The van der Waals surface area contributed by atoms with Gasteiger partial charge in [0.1, 0.15) is 0 Å². The lowest BCUT2D eigenvalue weighted by molar-refractivity contribution is 0.228. The van der Waals surface area contributed by atoms with Gasteiger partial charge in [-0.1, -0.05) is 32.2 Å². The van der Waals surface area contributed by atoms with Crippen molar-refractivity contribution in [3.8, 4) is 0 Å². The summed E-state index contributed by atoms with van der Waals surface area (Å²) in [4.78, 5) is 11.1. The van der Waals surface area contributed by atoms with Crippen LogP contribution in [0, 0.1) is 0 Å². The van der Waals surface area contributed by atoms with E-state index in [1.807, 2.05) is 0 Å². The van der Waals surface area contributed by atoms with Gasteiger partial charge < -0.3 is 5.32 Å². The van der Waals surface area contributed by atoms with Crippen LogP contribution >= 0.6 is 12.8 Å². The third-order valence-electron chi connectivity index (χ3n) is 1.34. The van der Waals surface area contributed by atoms with E-state index in [0.29, 0.717) is 13.1 Å². The Kier molecular flexibility index (Phi) is 6.66. The maximum atomic E-state index is 11.1. The molecule has 0 aromatic heterocycles. The van der Waals surface area contributed by atoms with Gasteiger partial charge >= 0.3 is 6.03 Å². The second kappa shape index (κ2) is 7.03. The zero-order valence-electron chi connectivity index (χ0n) is 7.42. The normalized spacial score (nSPS) is 9.17. The Morgan fingerprint density at radius 3 is 2.92 bits per heavy atom. The molecule has 4 heteroatoms. The van der Waals surface area contributed by atoms with Crippen molar-refractivity contribution < 1.29 is 4.79 Å². The molecule has 0 aliphatic heterocycles. The Balaban J connectivity index is 3.49. The molecule has 0 bridgehead atoms. The molecule has 0 saturated carbocycles. The topological polar surface area (TPSA) is 32.3 Å². The van der Waals surface area contributed by atoms with E-state index >= 15 is 0 Å². The van der Waals surface area contributed by atoms with Gasteiger partial charge in [-0.05, 0) is 6.42 Å². The summed E-state index contributed by atoms with van der Waals surface area (Å²) in [6, 6.07) is -0.160. The minimum atomic E-state index is -0.160. The fraction of sp³-hybridized carbons (Fsp3) is 0.625. The van der Waals surface area contributed by atoms with Gasteiger partial charge in [0.05, 0.1) is 6.54 Å². The molecule has 0 rings (SSSR count). The van der Waals surface area contributed by atoms with Crippen LogP contribution < -0.4 is 5.32 Å². The smallest absolute Gasteiger partial charge is 0.327 e. The van der Waals surface area contributed by atoms with Gasteiger partial charge in [0.25, 0.3) is 0 Å². The third-order valence-corrected chi connectivity index (χ3v) is 1.69. The predicted octanol–water partition coefficient (Wildman–Crippen LogP) is 1.83. The summed E-state index contributed by atoms with van der Waals surface area (Å²) < 4.78 is 1.29. The molecule has 0 unspecified atom stereocenters. The molecule has 0 spiro atoms. The first-order chi connectivity index (χ1) is 5.72. The van der Waals surface area contributed by atoms with Crippen LogP contribution in [0.25, 0.3) is 0 Å². The summed E-state index contributed by atoms with van der Waals surface area (Å²) in [6.07, 6.45) is 3.71. The predicted molar refractivity (Wildman–Crippen MR) is 54.2 cm³/mol. The van der Waals surface area contributed by atoms with Crippen LogP contribution in [-0.2, 0) is 0 Å². The summed E-state index contributed by atoms with van der Waals surface area (Å²) in [5.74, 6) is 0. The molecule has 1 N–H and O–H groups in total. The first-order valence-electron chi connectivity index (χ1n) is 4.07. The molecule has 3 nitrogen and oxygen atoms in total. The molecule has 0 aromatic carbocycles. The number of unbranched alkanes of at least 4 members (excludes halogenated alkanes) is 1. The number of carbonyl (C=O) groups is 1. The number of nitrogens with zero attached hydrogens (tertiary/aromatic N) is 1. The highest BCUT2D eigenvalue weighted by molar-refractivity contribution is 7.78. The van der Waals surface area contributed by atoms with Crippen molar-refractivity contribution in [1.29, 1.82) is 0 Å². The standard InChI is InChI=1S/C8H16N2OS/c1-3-5-6-9-8(11)10(12)7-4-2/h4,12H,2-3,5-7H2,1H3,(H,9,11). The van der Waals surface area contributed by atoms with Crippen LogP contribution in [0.1, 0.15) is 19.8 Å². The summed E-state index contributed by atoms with van der Waals surface area (Å²) in [6.45, 7) is 6.76. The van der Waals surface area contributed by atoms with Crippen LogP contribution in [0.15, 0.2) is 12.7 Å². The summed E-state index contributed by atoms with van der Waals surface area (Å²) >= 11 is 3.96. The number of nitrogens with one attached hydrogen (secondary N) is 1. The van der Waals surface area contributed by atoms with Crippen LogP contribution in [-0.4, -0.2) is 23.4 Å². The number of urea groups is 1. The van der Waals surface area contributed by atoms with Crippen molar-refractivity contribution >= 4 is 18.8 Å². The van der Waals surface area contributed by atoms with Gasteiger partial charge in [0.15, 0.2) is 0 Å². The lowest BCUT2D eigenvalue weighted by Crippen LogP contribution is -2.34. The molecular weight excluding hydrogens is 172 g/mol. The maximum Gasteiger partial charge on any atom is 0.327 e. The highest BCUT2D eigenvalue weighted by atomic mass is 32.1. The second-order valence-corrected chi connectivity index (χ2v) is 2.94. The SMILES string of the molecule is C=CCN(S)C(=O)NCCCC. The molecular formula is C8H16N2OS. The minimum absolute atomic E-state index is 0.160. The summed E-state index contributed by atoms with van der Waals surface area (Å²) in [5.41, 5.74) is 0. The van der Waals surface area contributed by atoms with Crippen molar-refractivity contribution in [2.45, 2.75) is 19.8 Å². The quantitative estimate of drug-likeness (QED) is 0.385. The molecule has 0 fully saturated rings. The number of rotatable bonds is 5. The molecule has 0 aromatic rings. The van der Waals surface area contributed by atoms with E-state index in [9.17, 15) is 4.79 Å². The number of hydrogen-bond acceptors (Lipinski definition) is 2. The fourth-order valence-electron chi connectivity index (χ4n) is 0.669.